The Morgan fingerprint density at radius 2 is 1.90 bits per heavy atom. The van der Waals surface area contributed by atoms with Gasteiger partial charge in [-0.15, -0.1) is 0 Å². The van der Waals surface area contributed by atoms with Crippen molar-refractivity contribution in [3.63, 3.8) is 0 Å². The molecule has 20 heavy (non-hydrogen) atoms. The SMILES string of the molecule is CC(C)(C)OC(=O)NC=Cc1ccc(NC(N)=S)cc1. The van der Waals surface area contributed by atoms with Crippen LogP contribution in [-0.2, 0) is 4.74 Å². The number of benzene rings is 1. The Morgan fingerprint density at radius 3 is 2.40 bits per heavy atom. The smallest absolute Gasteiger partial charge is 0.411 e. The number of hydrogen-bond donors (Lipinski definition) is 3. The van der Waals surface area contributed by atoms with Gasteiger partial charge in [-0.25, -0.2) is 4.79 Å². The molecule has 0 saturated heterocycles. The van der Waals surface area contributed by atoms with Gasteiger partial charge in [-0.1, -0.05) is 12.1 Å². The van der Waals surface area contributed by atoms with E-state index in [1.54, 1.807) is 6.08 Å². The van der Waals surface area contributed by atoms with Gasteiger partial charge >= 0.3 is 6.09 Å². The second-order valence-corrected chi connectivity index (χ2v) is 5.53. The highest BCUT2D eigenvalue weighted by molar-refractivity contribution is 7.80. The van der Waals surface area contributed by atoms with Crippen molar-refractivity contribution in [3.8, 4) is 0 Å². The number of carbonyl (C=O) groups is 1. The van der Waals surface area contributed by atoms with Crippen LogP contribution in [-0.4, -0.2) is 16.8 Å². The molecule has 0 aliphatic carbocycles. The molecular formula is C14H19N3O2S. The average molecular weight is 293 g/mol. The second-order valence-electron chi connectivity index (χ2n) is 5.09. The summed E-state index contributed by atoms with van der Waals surface area (Å²) >= 11 is 4.74. The minimum absolute atomic E-state index is 0.222. The molecule has 108 valence electrons. The van der Waals surface area contributed by atoms with Crippen LogP contribution in [0.15, 0.2) is 30.5 Å². The summed E-state index contributed by atoms with van der Waals surface area (Å²) in [4.78, 5) is 11.4. The van der Waals surface area contributed by atoms with Gasteiger partial charge in [-0.3, -0.25) is 5.32 Å². The lowest BCUT2D eigenvalue weighted by Crippen LogP contribution is -2.29. The number of nitrogens with one attached hydrogen (secondary N) is 2. The van der Waals surface area contributed by atoms with Gasteiger partial charge in [0.2, 0.25) is 0 Å². The van der Waals surface area contributed by atoms with Gasteiger partial charge in [-0.05, 0) is 56.8 Å². The third kappa shape index (κ3) is 6.75. The number of ether oxygens (including phenoxy) is 1. The number of rotatable bonds is 3. The average Bonchev–Trinajstić information content (AvgIpc) is 2.28. The van der Waals surface area contributed by atoms with Crippen LogP contribution < -0.4 is 16.4 Å². The van der Waals surface area contributed by atoms with E-state index in [4.69, 9.17) is 22.7 Å². The zero-order chi connectivity index (χ0) is 15.2. The molecule has 4 N–H and O–H groups in total. The topological polar surface area (TPSA) is 76.4 Å². The number of carbonyl (C=O) groups excluding carboxylic acids is 1. The van der Waals surface area contributed by atoms with Crippen molar-refractivity contribution in [1.82, 2.24) is 5.32 Å². The van der Waals surface area contributed by atoms with E-state index in [2.05, 4.69) is 10.6 Å². The lowest BCUT2D eigenvalue weighted by atomic mass is 10.2. The summed E-state index contributed by atoms with van der Waals surface area (Å²) in [5, 5.41) is 5.59. The molecule has 0 fully saturated rings. The maximum Gasteiger partial charge on any atom is 0.411 e. The number of anilines is 1. The van der Waals surface area contributed by atoms with E-state index in [0.29, 0.717) is 0 Å². The van der Waals surface area contributed by atoms with Crippen molar-refractivity contribution >= 4 is 35.2 Å². The molecule has 0 aliphatic rings. The summed E-state index contributed by atoms with van der Waals surface area (Å²) in [7, 11) is 0. The molecule has 1 aromatic rings. The maximum atomic E-state index is 11.4. The number of amides is 1. The van der Waals surface area contributed by atoms with Crippen LogP contribution in [0.3, 0.4) is 0 Å². The van der Waals surface area contributed by atoms with E-state index in [1.807, 2.05) is 45.0 Å². The monoisotopic (exact) mass is 293 g/mol. The molecule has 0 aliphatic heterocycles. The minimum atomic E-state index is -0.508. The molecule has 0 spiro atoms. The van der Waals surface area contributed by atoms with Crippen LogP contribution in [0, 0.1) is 0 Å². The minimum Gasteiger partial charge on any atom is -0.444 e. The van der Waals surface area contributed by atoms with E-state index >= 15 is 0 Å². The Balaban J connectivity index is 2.50. The van der Waals surface area contributed by atoms with Crippen LogP contribution in [0.1, 0.15) is 26.3 Å². The van der Waals surface area contributed by atoms with Crippen LogP contribution in [0.5, 0.6) is 0 Å². The highest BCUT2D eigenvalue weighted by Gasteiger charge is 2.14. The van der Waals surface area contributed by atoms with Crippen LogP contribution >= 0.6 is 12.2 Å². The summed E-state index contributed by atoms with van der Waals surface area (Å²) in [5.74, 6) is 0. The van der Waals surface area contributed by atoms with Gasteiger partial charge in [0.1, 0.15) is 5.60 Å². The molecule has 0 aromatic heterocycles. The first kappa shape index (κ1) is 16.0. The summed E-state index contributed by atoms with van der Waals surface area (Å²) in [5.41, 5.74) is 6.60. The lowest BCUT2D eigenvalue weighted by Gasteiger charge is -2.18. The van der Waals surface area contributed by atoms with E-state index in [0.717, 1.165) is 11.3 Å². The van der Waals surface area contributed by atoms with Gasteiger partial charge in [0.25, 0.3) is 0 Å². The molecule has 0 atom stereocenters. The molecule has 0 radical (unpaired) electrons. The van der Waals surface area contributed by atoms with Crippen molar-refractivity contribution in [2.75, 3.05) is 5.32 Å². The highest BCUT2D eigenvalue weighted by atomic mass is 32.1. The number of hydrogen-bond acceptors (Lipinski definition) is 3. The predicted octanol–water partition coefficient (Wildman–Crippen LogP) is 2.84. The predicted molar refractivity (Wildman–Crippen MR) is 85.3 cm³/mol. The number of nitrogens with two attached hydrogens (primary N) is 1. The van der Waals surface area contributed by atoms with Gasteiger partial charge in [0.15, 0.2) is 5.11 Å². The van der Waals surface area contributed by atoms with E-state index < -0.39 is 11.7 Å². The fourth-order valence-corrected chi connectivity index (χ4v) is 1.45. The standard InChI is InChI=1S/C14H19N3O2S/c1-14(2,3)19-13(18)16-9-8-10-4-6-11(7-5-10)17-12(15)20/h4-9H,1-3H3,(H,16,18)(H3,15,17,20). The largest absolute Gasteiger partial charge is 0.444 e. The lowest BCUT2D eigenvalue weighted by molar-refractivity contribution is 0.0553. The zero-order valence-electron chi connectivity index (χ0n) is 11.8. The highest BCUT2D eigenvalue weighted by Crippen LogP contribution is 2.10. The summed E-state index contributed by atoms with van der Waals surface area (Å²) in [6.45, 7) is 5.43. The Morgan fingerprint density at radius 1 is 1.30 bits per heavy atom. The molecule has 0 saturated carbocycles. The van der Waals surface area contributed by atoms with Gasteiger partial charge in [0, 0.05) is 11.9 Å². The maximum absolute atomic E-state index is 11.4. The molecule has 0 bridgehead atoms. The first-order valence-corrected chi connectivity index (χ1v) is 6.50. The Kier molecular flexibility index (Phi) is 5.52. The second kappa shape index (κ2) is 6.91. The van der Waals surface area contributed by atoms with Crippen molar-refractivity contribution in [3.05, 3.63) is 36.0 Å². The van der Waals surface area contributed by atoms with E-state index in [9.17, 15) is 4.79 Å². The Labute approximate surface area is 124 Å². The van der Waals surface area contributed by atoms with Crippen LogP contribution in [0.25, 0.3) is 6.08 Å². The van der Waals surface area contributed by atoms with Crippen molar-refractivity contribution in [2.24, 2.45) is 5.73 Å². The van der Waals surface area contributed by atoms with Crippen molar-refractivity contribution < 1.29 is 9.53 Å². The third-order valence-electron chi connectivity index (χ3n) is 2.05. The van der Waals surface area contributed by atoms with Gasteiger partial charge in [-0.2, -0.15) is 0 Å². The quantitative estimate of drug-likeness (QED) is 0.747. The summed E-state index contributed by atoms with van der Waals surface area (Å²) < 4.78 is 5.10. The summed E-state index contributed by atoms with van der Waals surface area (Å²) in [6, 6.07) is 7.42. The first-order chi connectivity index (χ1) is 9.26. The number of thiocarbonyl (C=S) groups is 1. The van der Waals surface area contributed by atoms with Gasteiger partial charge < -0.3 is 15.8 Å². The molecule has 5 nitrogen and oxygen atoms in total. The molecule has 1 rings (SSSR count). The van der Waals surface area contributed by atoms with E-state index in [-0.39, 0.29) is 5.11 Å². The Bertz CT molecular complexity index is 504. The van der Waals surface area contributed by atoms with Crippen LogP contribution in [0.4, 0.5) is 10.5 Å². The number of alkyl carbamates (subject to hydrolysis) is 1. The van der Waals surface area contributed by atoms with E-state index in [1.165, 1.54) is 6.20 Å². The third-order valence-corrected chi connectivity index (χ3v) is 2.16. The summed E-state index contributed by atoms with van der Waals surface area (Å²) in [6.07, 6.45) is 2.80. The molecule has 0 heterocycles. The zero-order valence-corrected chi connectivity index (χ0v) is 12.6. The normalized spacial score (nSPS) is 11.2. The molecule has 1 amide bonds. The molecule has 1 aromatic carbocycles. The fraction of sp³-hybridized carbons (Fsp3) is 0.286. The van der Waals surface area contributed by atoms with Crippen LogP contribution in [0.2, 0.25) is 0 Å². The van der Waals surface area contributed by atoms with Gasteiger partial charge in [0.05, 0.1) is 0 Å². The van der Waals surface area contributed by atoms with Crippen molar-refractivity contribution in [2.45, 2.75) is 26.4 Å². The first-order valence-electron chi connectivity index (χ1n) is 6.09. The molecular weight excluding hydrogens is 274 g/mol. The van der Waals surface area contributed by atoms with Crippen molar-refractivity contribution in [1.29, 1.82) is 0 Å². The molecule has 6 heteroatoms. The Hall–Kier alpha value is -2.08. The molecule has 0 unspecified atom stereocenters. The fourth-order valence-electron chi connectivity index (χ4n) is 1.33.